The van der Waals surface area contributed by atoms with Gasteiger partial charge in [-0.25, -0.2) is 9.59 Å². The molecule has 0 aliphatic rings. The van der Waals surface area contributed by atoms with Crippen molar-refractivity contribution in [3.63, 3.8) is 0 Å². The van der Waals surface area contributed by atoms with E-state index in [1.807, 2.05) is 19.1 Å². The maximum Gasteiger partial charge on any atom is 0.408 e. The minimum absolute atomic E-state index is 0.111. The Hall–Kier alpha value is -2.21. The number of hydrogen-bond donors (Lipinski definition) is 3. The van der Waals surface area contributed by atoms with Crippen LogP contribution in [0.15, 0.2) is 18.2 Å². The fraction of sp³-hybridized carbons (Fsp3) is 0.412. The topological polar surface area (TPSA) is 91.4 Å². The maximum absolute atomic E-state index is 11.8. The Morgan fingerprint density at radius 2 is 2.04 bits per heavy atom. The number of H-pyrrole nitrogens is 1. The van der Waals surface area contributed by atoms with E-state index in [9.17, 15) is 14.7 Å². The number of ether oxygens (including phenoxy) is 1. The molecule has 0 bridgehead atoms. The Morgan fingerprint density at radius 1 is 1.38 bits per heavy atom. The van der Waals surface area contributed by atoms with Crippen LogP contribution >= 0.6 is 11.6 Å². The minimum Gasteiger partial charge on any atom is -0.480 e. The van der Waals surface area contributed by atoms with Crippen molar-refractivity contribution in [1.29, 1.82) is 0 Å². The summed E-state index contributed by atoms with van der Waals surface area (Å²) >= 11 is 6.10. The van der Waals surface area contributed by atoms with Crippen LogP contribution in [0.25, 0.3) is 10.9 Å². The van der Waals surface area contributed by atoms with Gasteiger partial charge in [0.05, 0.1) is 5.52 Å². The number of aromatic nitrogens is 1. The Morgan fingerprint density at radius 3 is 2.62 bits per heavy atom. The zero-order valence-electron chi connectivity index (χ0n) is 14.1. The quantitative estimate of drug-likeness (QED) is 0.783. The van der Waals surface area contributed by atoms with Crippen LogP contribution in [0.1, 0.15) is 32.0 Å². The number of carboxylic acid groups (broad SMARTS) is 1. The third-order valence-electron chi connectivity index (χ3n) is 3.46. The lowest BCUT2D eigenvalue weighted by Crippen LogP contribution is -2.44. The van der Waals surface area contributed by atoms with E-state index in [1.54, 1.807) is 26.8 Å². The van der Waals surface area contributed by atoms with E-state index in [0.717, 1.165) is 16.5 Å². The number of amides is 1. The lowest BCUT2D eigenvalue weighted by atomic mass is 10.1. The number of fused-ring (bicyclic) bond motifs is 1. The number of aromatic amines is 1. The lowest BCUT2D eigenvalue weighted by molar-refractivity contribution is -0.139. The van der Waals surface area contributed by atoms with E-state index in [0.29, 0.717) is 10.7 Å². The molecule has 130 valence electrons. The Labute approximate surface area is 145 Å². The van der Waals surface area contributed by atoms with Crippen molar-refractivity contribution in [2.75, 3.05) is 0 Å². The average Bonchev–Trinajstić information content (AvgIpc) is 2.83. The first-order chi connectivity index (χ1) is 11.1. The molecule has 3 N–H and O–H groups in total. The van der Waals surface area contributed by atoms with Crippen LogP contribution in [0.4, 0.5) is 4.79 Å². The molecule has 1 unspecified atom stereocenters. The van der Waals surface area contributed by atoms with E-state index in [-0.39, 0.29) is 6.42 Å². The molecule has 7 heteroatoms. The molecular weight excluding hydrogens is 332 g/mol. The molecule has 0 aliphatic heterocycles. The maximum atomic E-state index is 11.8. The van der Waals surface area contributed by atoms with Crippen LogP contribution in [0, 0.1) is 6.92 Å². The number of aliphatic carboxylic acids is 1. The predicted molar refractivity (Wildman–Crippen MR) is 92.5 cm³/mol. The summed E-state index contributed by atoms with van der Waals surface area (Å²) in [6.07, 6.45) is -0.648. The van der Waals surface area contributed by atoms with Crippen molar-refractivity contribution in [3.8, 4) is 0 Å². The molecule has 1 aromatic heterocycles. The number of hydrogen-bond acceptors (Lipinski definition) is 3. The van der Waals surface area contributed by atoms with E-state index < -0.39 is 23.7 Å². The summed E-state index contributed by atoms with van der Waals surface area (Å²) in [5.41, 5.74) is 1.76. The number of carbonyl (C=O) groups excluding carboxylic acids is 1. The van der Waals surface area contributed by atoms with Crippen LogP contribution in [0.3, 0.4) is 0 Å². The fourth-order valence-corrected chi connectivity index (χ4v) is 2.51. The SMILES string of the molecule is Cc1c(Cl)ccc2cc(CC(NC(=O)OC(C)(C)C)C(=O)O)[nH]c12. The number of nitrogens with one attached hydrogen (secondary N) is 2. The van der Waals surface area contributed by atoms with Gasteiger partial charge in [0.15, 0.2) is 0 Å². The zero-order chi connectivity index (χ0) is 18.1. The highest BCUT2D eigenvalue weighted by atomic mass is 35.5. The Balaban J connectivity index is 2.18. The monoisotopic (exact) mass is 352 g/mol. The van der Waals surface area contributed by atoms with Gasteiger partial charge in [0.1, 0.15) is 11.6 Å². The number of rotatable bonds is 4. The first-order valence-corrected chi connectivity index (χ1v) is 7.93. The number of alkyl carbamates (subject to hydrolysis) is 1. The number of carbonyl (C=O) groups is 2. The fourth-order valence-electron chi connectivity index (χ4n) is 2.36. The van der Waals surface area contributed by atoms with Gasteiger partial charge in [-0.3, -0.25) is 0 Å². The van der Waals surface area contributed by atoms with Crippen LogP contribution in [-0.4, -0.2) is 33.8 Å². The first-order valence-electron chi connectivity index (χ1n) is 7.56. The molecule has 1 aromatic carbocycles. The summed E-state index contributed by atoms with van der Waals surface area (Å²) in [5.74, 6) is -1.13. The summed E-state index contributed by atoms with van der Waals surface area (Å²) in [6.45, 7) is 7.03. The van der Waals surface area contributed by atoms with Crippen molar-refractivity contribution in [3.05, 3.63) is 34.5 Å². The van der Waals surface area contributed by atoms with Gasteiger partial charge in [0.2, 0.25) is 0 Å². The van der Waals surface area contributed by atoms with Crippen molar-refractivity contribution in [2.24, 2.45) is 0 Å². The molecule has 1 heterocycles. The third kappa shape index (κ3) is 4.41. The van der Waals surface area contributed by atoms with Gasteiger partial charge in [0.25, 0.3) is 0 Å². The van der Waals surface area contributed by atoms with Gasteiger partial charge in [-0.1, -0.05) is 17.7 Å². The molecule has 2 aromatic rings. The van der Waals surface area contributed by atoms with E-state index in [1.165, 1.54) is 0 Å². The lowest BCUT2D eigenvalue weighted by Gasteiger charge is -2.21. The standard InChI is InChI=1S/C17H21ClN2O4/c1-9-12(18)6-5-10-7-11(19-14(9)10)8-13(15(21)22)20-16(23)24-17(2,3)4/h5-7,13,19H,8H2,1-4H3,(H,20,23)(H,21,22). The normalized spacial score (nSPS) is 12.9. The number of benzene rings is 1. The van der Waals surface area contributed by atoms with E-state index in [2.05, 4.69) is 10.3 Å². The van der Waals surface area contributed by atoms with Gasteiger partial charge < -0.3 is 20.1 Å². The second kappa shape index (κ2) is 6.73. The van der Waals surface area contributed by atoms with Crippen LogP contribution < -0.4 is 5.32 Å². The molecule has 1 atom stereocenters. The van der Waals surface area contributed by atoms with Gasteiger partial charge in [-0.15, -0.1) is 0 Å². The van der Waals surface area contributed by atoms with E-state index in [4.69, 9.17) is 16.3 Å². The molecule has 1 amide bonds. The summed E-state index contributed by atoms with van der Waals surface area (Å²) in [6, 6.07) is 4.42. The molecular formula is C17H21ClN2O4. The van der Waals surface area contributed by atoms with Crippen molar-refractivity contribution in [1.82, 2.24) is 10.3 Å². The Kier molecular flexibility index (Phi) is 5.08. The van der Waals surface area contributed by atoms with Gasteiger partial charge >= 0.3 is 12.1 Å². The molecule has 0 saturated carbocycles. The van der Waals surface area contributed by atoms with Gasteiger partial charge in [-0.05, 0) is 45.4 Å². The van der Waals surface area contributed by atoms with Crippen LogP contribution in [0.2, 0.25) is 5.02 Å². The van der Waals surface area contributed by atoms with Gasteiger partial charge in [-0.2, -0.15) is 0 Å². The summed E-state index contributed by atoms with van der Waals surface area (Å²) < 4.78 is 5.11. The van der Waals surface area contributed by atoms with Crippen molar-refractivity contribution < 1.29 is 19.4 Å². The number of halogens is 1. The smallest absolute Gasteiger partial charge is 0.408 e. The molecule has 0 aliphatic carbocycles. The number of aryl methyl sites for hydroxylation is 1. The molecule has 0 fully saturated rings. The molecule has 0 radical (unpaired) electrons. The second-order valence-electron chi connectivity index (χ2n) is 6.67. The summed E-state index contributed by atoms with van der Waals surface area (Å²) in [4.78, 5) is 26.4. The predicted octanol–water partition coefficient (Wildman–Crippen LogP) is 3.65. The van der Waals surface area contributed by atoms with Crippen molar-refractivity contribution in [2.45, 2.75) is 45.8 Å². The minimum atomic E-state index is -1.13. The molecule has 0 spiro atoms. The highest BCUT2D eigenvalue weighted by Gasteiger charge is 2.25. The van der Waals surface area contributed by atoms with Crippen molar-refractivity contribution >= 4 is 34.6 Å². The highest BCUT2D eigenvalue weighted by molar-refractivity contribution is 6.32. The number of carboxylic acids is 1. The highest BCUT2D eigenvalue weighted by Crippen LogP contribution is 2.26. The van der Waals surface area contributed by atoms with Gasteiger partial charge in [0, 0.05) is 22.5 Å². The first kappa shape index (κ1) is 18.1. The largest absolute Gasteiger partial charge is 0.480 e. The Bertz CT molecular complexity index is 777. The second-order valence-corrected chi connectivity index (χ2v) is 7.08. The molecule has 2 rings (SSSR count). The summed E-state index contributed by atoms with van der Waals surface area (Å²) in [5, 5.41) is 13.3. The summed E-state index contributed by atoms with van der Waals surface area (Å²) in [7, 11) is 0. The average molecular weight is 353 g/mol. The van der Waals surface area contributed by atoms with Crippen LogP contribution in [0.5, 0.6) is 0 Å². The zero-order valence-corrected chi connectivity index (χ0v) is 14.8. The molecule has 24 heavy (non-hydrogen) atoms. The molecule has 6 nitrogen and oxygen atoms in total. The third-order valence-corrected chi connectivity index (χ3v) is 3.87. The molecule has 0 saturated heterocycles. The van der Waals surface area contributed by atoms with Crippen LogP contribution in [-0.2, 0) is 16.0 Å². The van der Waals surface area contributed by atoms with E-state index >= 15 is 0 Å².